The first kappa shape index (κ1) is 11.0. The molecular weight excluding hydrogens is 256 g/mol. The first-order chi connectivity index (χ1) is 7.34. The molecule has 0 spiro atoms. The number of pyridine rings is 1. The largest absolute Gasteiger partial charge is 0.381 e. The van der Waals surface area contributed by atoms with Gasteiger partial charge >= 0.3 is 0 Å². The number of rotatable bonds is 3. The van der Waals surface area contributed by atoms with Crippen LogP contribution >= 0.6 is 15.9 Å². The molecule has 0 aliphatic carbocycles. The minimum absolute atomic E-state index is 0.587. The molecule has 2 heterocycles. The fourth-order valence-corrected chi connectivity index (χ4v) is 1.90. The van der Waals surface area contributed by atoms with E-state index in [1.54, 1.807) is 0 Å². The summed E-state index contributed by atoms with van der Waals surface area (Å²) in [6, 6.07) is 4.65. The molecule has 1 aromatic rings. The molecule has 1 aliphatic heterocycles. The van der Waals surface area contributed by atoms with Gasteiger partial charge in [-0.3, -0.25) is 4.98 Å². The Kier molecular flexibility index (Phi) is 4.11. The molecule has 0 unspecified atom stereocenters. The van der Waals surface area contributed by atoms with Crippen molar-refractivity contribution >= 4 is 15.9 Å². The van der Waals surface area contributed by atoms with Crippen molar-refractivity contribution in [1.29, 1.82) is 0 Å². The maximum absolute atomic E-state index is 5.31. The number of halogens is 1. The van der Waals surface area contributed by atoms with Gasteiger partial charge in [-0.15, -0.1) is 0 Å². The topological polar surface area (TPSA) is 34.1 Å². The van der Waals surface area contributed by atoms with Crippen LogP contribution in [0, 0.1) is 0 Å². The Morgan fingerprint density at radius 1 is 1.40 bits per heavy atom. The van der Waals surface area contributed by atoms with E-state index in [0.717, 1.165) is 42.8 Å². The highest BCUT2D eigenvalue weighted by Crippen LogP contribution is 2.09. The molecule has 0 atom stereocenters. The molecule has 0 aromatic carbocycles. The highest BCUT2D eigenvalue weighted by Gasteiger charge is 2.12. The van der Waals surface area contributed by atoms with Crippen LogP contribution in [0.25, 0.3) is 0 Å². The Bertz CT molecular complexity index is 296. The van der Waals surface area contributed by atoms with Crippen molar-refractivity contribution in [1.82, 2.24) is 10.3 Å². The molecular formula is C11H15BrN2O. The van der Waals surface area contributed by atoms with Crippen LogP contribution < -0.4 is 5.32 Å². The highest BCUT2D eigenvalue weighted by molar-refractivity contribution is 9.10. The van der Waals surface area contributed by atoms with E-state index in [0.29, 0.717) is 6.04 Å². The zero-order valence-electron chi connectivity index (χ0n) is 8.58. The van der Waals surface area contributed by atoms with Crippen LogP contribution in [0.4, 0.5) is 0 Å². The maximum atomic E-state index is 5.31. The summed E-state index contributed by atoms with van der Waals surface area (Å²) in [6.07, 6.45) is 4.05. The Hall–Kier alpha value is -0.450. The minimum Gasteiger partial charge on any atom is -0.381 e. The first-order valence-corrected chi connectivity index (χ1v) is 6.05. The summed E-state index contributed by atoms with van der Waals surface area (Å²) in [5.41, 5.74) is 1.09. The highest BCUT2D eigenvalue weighted by atomic mass is 79.9. The predicted molar refractivity (Wildman–Crippen MR) is 62.6 cm³/mol. The number of nitrogens with one attached hydrogen (secondary N) is 1. The molecule has 1 saturated heterocycles. The number of hydrogen-bond donors (Lipinski definition) is 1. The van der Waals surface area contributed by atoms with Crippen molar-refractivity contribution in [3.8, 4) is 0 Å². The average Bonchev–Trinajstić information content (AvgIpc) is 2.30. The number of nitrogens with zero attached hydrogens (tertiary/aromatic N) is 1. The molecule has 0 bridgehead atoms. The van der Waals surface area contributed by atoms with E-state index in [1.807, 2.05) is 18.3 Å². The van der Waals surface area contributed by atoms with Crippen molar-refractivity contribution < 1.29 is 4.74 Å². The van der Waals surface area contributed by atoms with Gasteiger partial charge in [-0.2, -0.15) is 0 Å². The predicted octanol–water partition coefficient (Wildman–Crippen LogP) is 2.11. The Morgan fingerprint density at radius 2 is 2.20 bits per heavy atom. The van der Waals surface area contributed by atoms with Gasteiger partial charge in [-0.05, 0) is 40.9 Å². The fraction of sp³-hybridized carbons (Fsp3) is 0.545. The van der Waals surface area contributed by atoms with E-state index in [4.69, 9.17) is 4.74 Å². The van der Waals surface area contributed by atoms with E-state index in [2.05, 4.69) is 26.2 Å². The second kappa shape index (κ2) is 5.58. The molecule has 1 N–H and O–H groups in total. The molecule has 1 aromatic heterocycles. The van der Waals surface area contributed by atoms with Crippen molar-refractivity contribution in [2.75, 3.05) is 13.2 Å². The van der Waals surface area contributed by atoms with Gasteiger partial charge in [-0.1, -0.05) is 0 Å². The molecule has 2 rings (SSSR count). The maximum Gasteiger partial charge on any atom is 0.0542 e. The third kappa shape index (κ3) is 3.55. The van der Waals surface area contributed by atoms with Crippen LogP contribution in [0.5, 0.6) is 0 Å². The SMILES string of the molecule is Brc1ccc(CNC2CCOCC2)nc1. The van der Waals surface area contributed by atoms with E-state index in [-0.39, 0.29) is 0 Å². The number of aromatic nitrogens is 1. The molecule has 4 heteroatoms. The van der Waals surface area contributed by atoms with Crippen molar-refractivity contribution in [3.05, 3.63) is 28.5 Å². The molecule has 0 saturated carbocycles. The van der Waals surface area contributed by atoms with Gasteiger partial charge in [0.25, 0.3) is 0 Å². The van der Waals surface area contributed by atoms with E-state index >= 15 is 0 Å². The molecule has 0 amide bonds. The lowest BCUT2D eigenvalue weighted by Gasteiger charge is -2.22. The summed E-state index contributed by atoms with van der Waals surface area (Å²) >= 11 is 3.37. The molecule has 0 radical (unpaired) electrons. The van der Waals surface area contributed by atoms with Crippen LogP contribution in [0.1, 0.15) is 18.5 Å². The lowest BCUT2D eigenvalue weighted by atomic mass is 10.1. The summed E-state index contributed by atoms with van der Waals surface area (Å²) in [4.78, 5) is 4.32. The minimum atomic E-state index is 0.587. The fourth-order valence-electron chi connectivity index (χ4n) is 1.66. The van der Waals surface area contributed by atoms with Gasteiger partial charge in [0.2, 0.25) is 0 Å². The molecule has 82 valence electrons. The van der Waals surface area contributed by atoms with E-state index in [9.17, 15) is 0 Å². The zero-order chi connectivity index (χ0) is 10.5. The van der Waals surface area contributed by atoms with Crippen LogP contribution in [0.3, 0.4) is 0 Å². The normalized spacial score (nSPS) is 17.9. The standard InChI is InChI=1S/C11H15BrN2O/c12-9-1-2-11(13-7-9)8-14-10-3-5-15-6-4-10/h1-2,7,10,14H,3-6,8H2. The Balaban J connectivity index is 1.79. The molecule has 15 heavy (non-hydrogen) atoms. The lowest BCUT2D eigenvalue weighted by Crippen LogP contribution is -2.34. The summed E-state index contributed by atoms with van der Waals surface area (Å²) in [6.45, 7) is 2.61. The number of ether oxygens (including phenoxy) is 1. The molecule has 1 aliphatic rings. The third-order valence-corrected chi connectivity index (χ3v) is 3.05. The number of hydrogen-bond acceptors (Lipinski definition) is 3. The molecule has 3 nitrogen and oxygen atoms in total. The van der Waals surface area contributed by atoms with Gasteiger partial charge in [0.1, 0.15) is 0 Å². The van der Waals surface area contributed by atoms with Crippen LogP contribution in [0.2, 0.25) is 0 Å². The quantitative estimate of drug-likeness (QED) is 0.914. The van der Waals surface area contributed by atoms with Gasteiger partial charge in [0.05, 0.1) is 5.69 Å². The summed E-state index contributed by atoms with van der Waals surface area (Å²) in [7, 11) is 0. The van der Waals surface area contributed by atoms with Crippen molar-refractivity contribution in [2.45, 2.75) is 25.4 Å². The average molecular weight is 271 g/mol. The van der Waals surface area contributed by atoms with Crippen molar-refractivity contribution in [2.24, 2.45) is 0 Å². The lowest BCUT2D eigenvalue weighted by molar-refractivity contribution is 0.0775. The van der Waals surface area contributed by atoms with Gasteiger partial charge in [-0.25, -0.2) is 0 Å². The zero-order valence-corrected chi connectivity index (χ0v) is 10.2. The first-order valence-electron chi connectivity index (χ1n) is 5.26. The summed E-state index contributed by atoms with van der Waals surface area (Å²) in [5, 5.41) is 3.50. The molecule has 1 fully saturated rings. The van der Waals surface area contributed by atoms with Crippen LogP contribution in [-0.4, -0.2) is 24.2 Å². The van der Waals surface area contributed by atoms with Crippen LogP contribution in [-0.2, 0) is 11.3 Å². The second-order valence-electron chi connectivity index (χ2n) is 3.74. The monoisotopic (exact) mass is 270 g/mol. The Labute approximate surface area is 98.4 Å². The summed E-state index contributed by atoms with van der Waals surface area (Å²) in [5.74, 6) is 0. The second-order valence-corrected chi connectivity index (χ2v) is 4.65. The van der Waals surface area contributed by atoms with E-state index in [1.165, 1.54) is 0 Å². The van der Waals surface area contributed by atoms with Crippen LogP contribution in [0.15, 0.2) is 22.8 Å². The van der Waals surface area contributed by atoms with Crippen molar-refractivity contribution in [3.63, 3.8) is 0 Å². The smallest absolute Gasteiger partial charge is 0.0542 e. The van der Waals surface area contributed by atoms with E-state index < -0.39 is 0 Å². The van der Waals surface area contributed by atoms with Gasteiger partial charge in [0.15, 0.2) is 0 Å². The third-order valence-electron chi connectivity index (χ3n) is 2.58. The summed E-state index contributed by atoms with van der Waals surface area (Å²) < 4.78 is 6.33. The van der Waals surface area contributed by atoms with Gasteiger partial charge in [0, 0.05) is 36.5 Å². The van der Waals surface area contributed by atoms with Gasteiger partial charge < -0.3 is 10.1 Å². The Morgan fingerprint density at radius 3 is 2.87 bits per heavy atom.